The van der Waals surface area contributed by atoms with E-state index in [-0.39, 0.29) is 5.56 Å². The molecule has 0 saturated heterocycles. The molecule has 0 bridgehead atoms. The van der Waals surface area contributed by atoms with Gasteiger partial charge in [0, 0.05) is 16.7 Å². The number of halogens is 1. The van der Waals surface area contributed by atoms with Crippen LogP contribution in [0.25, 0.3) is 28.4 Å². The molecule has 154 valence electrons. The molecule has 0 aliphatic rings. The molecule has 1 heterocycles. The summed E-state index contributed by atoms with van der Waals surface area (Å²) in [4.78, 5) is 30.4. The van der Waals surface area contributed by atoms with Crippen LogP contribution in [0.2, 0.25) is 5.02 Å². The van der Waals surface area contributed by atoms with Gasteiger partial charge in [-0.15, -0.1) is 0 Å². The van der Waals surface area contributed by atoms with Crippen molar-refractivity contribution in [2.75, 3.05) is 12.5 Å². The number of nitrogens with zero attached hydrogens (tertiary/aromatic N) is 2. The highest BCUT2D eigenvalue weighted by atomic mass is 35.5. The lowest BCUT2D eigenvalue weighted by molar-refractivity contribution is -0.112. The molecule has 31 heavy (non-hydrogen) atoms. The highest BCUT2D eigenvalue weighted by Crippen LogP contribution is 2.22. The van der Waals surface area contributed by atoms with E-state index in [9.17, 15) is 9.59 Å². The number of aromatic nitrogens is 2. The molecule has 6 nitrogen and oxygen atoms in total. The number of nitrogens with one attached hydrogen (secondary N) is 1. The van der Waals surface area contributed by atoms with Crippen LogP contribution in [-0.2, 0) is 4.79 Å². The zero-order valence-electron chi connectivity index (χ0n) is 16.6. The summed E-state index contributed by atoms with van der Waals surface area (Å²) in [5.41, 5.74) is 4.17. The van der Waals surface area contributed by atoms with Crippen LogP contribution >= 0.6 is 11.6 Å². The highest BCUT2D eigenvalue weighted by molar-refractivity contribution is 6.30. The van der Waals surface area contributed by atoms with Gasteiger partial charge < -0.3 is 4.74 Å². The number of rotatable bonds is 5. The van der Waals surface area contributed by atoms with E-state index in [0.717, 1.165) is 10.2 Å². The minimum atomic E-state index is -0.483. The summed E-state index contributed by atoms with van der Waals surface area (Å²) in [6.07, 6.45) is 2.95. The van der Waals surface area contributed by atoms with Crippen molar-refractivity contribution in [3.8, 4) is 17.1 Å². The number of benzene rings is 3. The maximum Gasteiger partial charge on any atom is 0.280 e. The van der Waals surface area contributed by atoms with Gasteiger partial charge in [-0.05, 0) is 48.0 Å². The average Bonchev–Trinajstić information content (AvgIpc) is 2.79. The highest BCUT2D eigenvalue weighted by Gasteiger charge is 2.14. The number of ether oxygens (including phenoxy) is 1. The molecule has 0 spiro atoms. The van der Waals surface area contributed by atoms with Gasteiger partial charge in [-0.2, -0.15) is 4.68 Å². The zero-order chi connectivity index (χ0) is 21.8. The predicted octanol–water partition coefficient (Wildman–Crippen LogP) is 4.51. The van der Waals surface area contributed by atoms with E-state index >= 15 is 0 Å². The van der Waals surface area contributed by atoms with E-state index in [1.165, 1.54) is 6.08 Å². The molecular formula is C24H18ClN3O3. The Labute approximate surface area is 183 Å². The van der Waals surface area contributed by atoms with E-state index < -0.39 is 5.91 Å². The molecule has 0 unspecified atom stereocenters. The van der Waals surface area contributed by atoms with E-state index in [1.807, 2.05) is 6.07 Å². The minimum Gasteiger partial charge on any atom is -0.497 e. The first kappa shape index (κ1) is 20.4. The largest absolute Gasteiger partial charge is 0.497 e. The van der Waals surface area contributed by atoms with Crippen LogP contribution in [0, 0.1) is 0 Å². The second-order valence-corrected chi connectivity index (χ2v) is 7.13. The molecule has 1 amide bonds. The molecule has 0 fully saturated rings. The van der Waals surface area contributed by atoms with Crippen LogP contribution in [0.3, 0.4) is 0 Å². The number of methoxy groups -OCH3 is 1. The van der Waals surface area contributed by atoms with Crippen molar-refractivity contribution in [2.45, 2.75) is 0 Å². The Kier molecular flexibility index (Phi) is 5.82. The minimum absolute atomic E-state index is 0.298. The standard InChI is InChI=1S/C24H18ClN3O3/c1-31-19-9-5-7-17(15-19)23-26-21-11-3-2-10-20(21)24(30)28(23)27-22(29)13-12-16-6-4-8-18(25)14-16/h2-15H,1H3,(H,27,29)/b13-12+. The lowest BCUT2D eigenvalue weighted by Gasteiger charge is -2.14. The van der Waals surface area contributed by atoms with Crippen molar-refractivity contribution >= 4 is 34.5 Å². The zero-order valence-corrected chi connectivity index (χ0v) is 17.3. The van der Waals surface area contributed by atoms with E-state index in [2.05, 4.69) is 10.4 Å². The quantitative estimate of drug-likeness (QED) is 0.472. The van der Waals surface area contributed by atoms with Crippen LogP contribution in [0.5, 0.6) is 5.75 Å². The fraction of sp³-hybridized carbons (Fsp3) is 0.0417. The maximum atomic E-state index is 13.2. The summed E-state index contributed by atoms with van der Waals surface area (Å²) in [6, 6.07) is 21.2. The summed E-state index contributed by atoms with van der Waals surface area (Å²) in [6.45, 7) is 0. The molecule has 0 radical (unpaired) electrons. The maximum absolute atomic E-state index is 13.2. The van der Waals surface area contributed by atoms with Gasteiger partial charge in [0.25, 0.3) is 11.5 Å². The molecule has 4 aromatic rings. The van der Waals surface area contributed by atoms with Crippen LogP contribution in [0.1, 0.15) is 5.56 Å². The number of carbonyl (C=O) groups is 1. The summed E-state index contributed by atoms with van der Waals surface area (Å²) >= 11 is 5.98. The normalized spacial score (nSPS) is 11.0. The van der Waals surface area contributed by atoms with Crippen molar-refractivity contribution in [2.24, 2.45) is 0 Å². The summed E-state index contributed by atoms with van der Waals surface area (Å²) in [7, 11) is 1.56. The van der Waals surface area contributed by atoms with E-state index in [0.29, 0.717) is 33.1 Å². The molecule has 1 N–H and O–H groups in total. The Morgan fingerprint density at radius 1 is 1.06 bits per heavy atom. The average molecular weight is 432 g/mol. The Hall–Kier alpha value is -3.90. The number of hydrogen-bond acceptors (Lipinski definition) is 4. The molecule has 0 aliphatic carbocycles. The molecule has 7 heteroatoms. The Bertz CT molecular complexity index is 1360. The van der Waals surface area contributed by atoms with E-state index in [1.54, 1.807) is 79.9 Å². The second kappa shape index (κ2) is 8.85. The number of carbonyl (C=O) groups excluding carboxylic acids is 1. The number of amides is 1. The predicted molar refractivity (Wildman–Crippen MR) is 123 cm³/mol. The molecule has 0 saturated carbocycles. The molecule has 0 aliphatic heterocycles. The van der Waals surface area contributed by atoms with Gasteiger partial charge >= 0.3 is 0 Å². The lowest BCUT2D eigenvalue weighted by atomic mass is 10.2. The van der Waals surface area contributed by atoms with Crippen molar-refractivity contribution in [1.82, 2.24) is 9.66 Å². The van der Waals surface area contributed by atoms with Gasteiger partial charge in [0.2, 0.25) is 0 Å². The first-order valence-corrected chi connectivity index (χ1v) is 9.84. The molecule has 4 rings (SSSR count). The van der Waals surface area contributed by atoms with Crippen LogP contribution in [0.15, 0.2) is 83.7 Å². The van der Waals surface area contributed by atoms with Crippen LogP contribution < -0.4 is 15.7 Å². The number of fused-ring (bicyclic) bond motifs is 1. The third kappa shape index (κ3) is 4.49. The third-order valence-corrected chi connectivity index (χ3v) is 4.84. The van der Waals surface area contributed by atoms with Crippen molar-refractivity contribution in [3.63, 3.8) is 0 Å². The smallest absolute Gasteiger partial charge is 0.280 e. The first-order valence-electron chi connectivity index (χ1n) is 9.46. The van der Waals surface area contributed by atoms with Gasteiger partial charge in [-0.3, -0.25) is 15.0 Å². The number of para-hydroxylation sites is 1. The molecular weight excluding hydrogens is 414 g/mol. The molecule has 3 aromatic carbocycles. The Morgan fingerprint density at radius 2 is 1.87 bits per heavy atom. The fourth-order valence-corrected chi connectivity index (χ4v) is 3.32. The third-order valence-electron chi connectivity index (χ3n) is 4.60. The lowest BCUT2D eigenvalue weighted by Crippen LogP contribution is -2.34. The Morgan fingerprint density at radius 3 is 2.68 bits per heavy atom. The van der Waals surface area contributed by atoms with Gasteiger partial charge in [-0.1, -0.05) is 48.0 Å². The fourth-order valence-electron chi connectivity index (χ4n) is 3.12. The van der Waals surface area contributed by atoms with Crippen LogP contribution in [0.4, 0.5) is 0 Å². The van der Waals surface area contributed by atoms with Crippen molar-refractivity contribution < 1.29 is 9.53 Å². The topological polar surface area (TPSA) is 73.2 Å². The van der Waals surface area contributed by atoms with Gasteiger partial charge in [0.05, 0.1) is 18.0 Å². The van der Waals surface area contributed by atoms with Crippen molar-refractivity contribution in [1.29, 1.82) is 0 Å². The van der Waals surface area contributed by atoms with Gasteiger partial charge in [0.15, 0.2) is 5.82 Å². The van der Waals surface area contributed by atoms with E-state index in [4.69, 9.17) is 16.3 Å². The SMILES string of the molecule is COc1cccc(-c2nc3ccccc3c(=O)n2NC(=O)/C=C/c2cccc(Cl)c2)c1. The first-order chi connectivity index (χ1) is 15.0. The monoisotopic (exact) mass is 431 g/mol. The second-order valence-electron chi connectivity index (χ2n) is 6.69. The Balaban J connectivity index is 1.77. The van der Waals surface area contributed by atoms with Gasteiger partial charge in [-0.25, -0.2) is 4.98 Å². The van der Waals surface area contributed by atoms with Gasteiger partial charge in [0.1, 0.15) is 5.75 Å². The summed E-state index contributed by atoms with van der Waals surface area (Å²) in [5, 5.41) is 0.964. The van der Waals surface area contributed by atoms with Crippen molar-refractivity contribution in [3.05, 3.63) is 99.8 Å². The van der Waals surface area contributed by atoms with Crippen LogP contribution in [-0.4, -0.2) is 22.7 Å². The summed E-state index contributed by atoms with van der Waals surface area (Å²) < 4.78 is 6.44. The number of hydrogen-bond donors (Lipinski definition) is 1. The molecule has 1 aromatic heterocycles. The summed E-state index contributed by atoms with van der Waals surface area (Å²) in [5.74, 6) is 0.425. The molecule has 0 atom stereocenters.